The SMILES string of the molecule is COC(=O)c1cc(NC(C)C)cc(C(F)(F)F)c1. The van der Waals surface area contributed by atoms with Gasteiger partial charge >= 0.3 is 12.1 Å². The van der Waals surface area contributed by atoms with Gasteiger partial charge in [0.25, 0.3) is 0 Å². The summed E-state index contributed by atoms with van der Waals surface area (Å²) in [6.07, 6.45) is -4.50. The Hall–Kier alpha value is -1.72. The number of rotatable bonds is 3. The van der Waals surface area contributed by atoms with Crippen molar-refractivity contribution < 1.29 is 22.7 Å². The molecule has 0 saturated heterocycles. The van der Waals surface area contributed by atoms with E-state index in [1.165, 1.54) is 6.07 Å². The molecule has 0 spiro atoms. The third kappa shape index (κ3) is 3.65. The van der Waals surface area contributed by atoms with E-state index in [-0.39, 0.29) is 17.3 Å². The van der Waals surface area contributed by atoms with Gasteiger partial charge < -0.3 is 10.1 Å². The summed E-state index contributed by atoms with van der Waals surface area (Å²) in [5.41, 5.74) is -0.774. The molecule has 0 aliphatic carbocycles. The molecule has 0 radical (unpaired) electrons. The highest BCUT2D eigenvalue weighted by Crippen LogP contribution is 2.32. The summed E-state index contributed by atoms with van der Waals surface area (Å²) in [5, 5.41) is 2.83. The monoisotopic (exact) mass is 261 g/mol. The second kappa shape index (κ2) is 5.29. The summed E-state index contributed by atoms with van der Waals surface area (Å²) in [6.45, 7) is 3.58. The summed E-state index contributed by atoms with van der Waals surface area (Å²) >= 11 is 0. The van der Waals surface area contributed by atoms with E-state index in [9.17, 15) is 18.0 Å². The lowest BCUT2D eigenvalue weighted by molar-refractivity contribution is -0.137. The molecule has 1 rings (SSSR count). The van der Waals surface area contributed by atoms with Crippen LogP contribution in [0.3, 0.4) is 0 Å². The van der Waals surface area contributed by atoms with Crippen LogP contribution in [0.5, 0.6) is 0 Å². The Labute approximate surface area is 103 Å². The van der Waals surface area contributed by atoms with Gasteiger partial charge in [0.15, 0.2) is 0 Å². The second-order valence-corrected chi connectivity index (χ2v) is 4.09. The molecule has 18 heavy (non-hydrogen) atoms. The number of benzene rings is 1. The fraction of sp³-hybridized carbons (Fsp3) is 0.417. The molecule has 0 amide bonds. The van der Waals surface area contributed by atoms with Crippen molar-refractivity contribution in [3.63, 3.8) is 0 Å². The van der Waals surface area contributed by atoms with E-state index in [1.54, 1.807) is 13.8 Å². The number of methoxy groups -OCH3 is 1. The van der Waals surface area contributed by atoms with Gasteiger partial charge in [0.1, 0.15) is 0 Å². The van der Waals surface area contributed by atoms with Crippen molar-refractivity contribution in [1.82, 2.24) is 0 Å². The second-order valence-electron chi connectivity index (χ2n) is 4.09. The fourth-order valence-electron chi connectivity index (χ4n) is 1.44. The predicted molar refractivity (Wildman–Crippen MR) is 61.5 cm³/mol. The smallest absolute Gasteiger partial charge is 0.416 e. The highest BCUT2D eigenvalue weighted by molar-refractivity contribution is 5.90. The van der Waals surface area contributed by atoms with Crippen LogP contribution < -0.4 is 5.32 Å². The zero-order chi connectivity index (χ0) is 13.9. The van der Waals surface area contributed by atoms with Crippen LogP contribution in [0, 0.1) is 0 Å². The van der Waals surface area contributed by atoms with E-state index in [2.05, 4.69) is 10.1 Å². The Morgan fingerprint density at radius 1 is 1.28 bits per heavy atom. The normalized spacial score (nSPS) is 11.5. The Balaban J connectivity index is 3.24. The van der Waals surface area contributed by atoms with Crippen molar-refractivity contribution in [2.24, 2.45) is 0 Å². The Morgan fingerprint density at radius 2 is 1.89 bits per heavy atom. The van der Waals surface area contributed by atoms with Gasteiger partial charge in [0.2, 0.25) is 0 Å². The number of ether oxygens (including phenoxy) is 1. The Morgan fingerprint density at radius 3 is 2.33 bits per heavy atom. The standard InChI is InChI=1S/C12H14F3NO2/c1-7(2)16-10-5-8(11(17)18-3)4-9(6-10)12(13,14)15/h4-7,16H,1-3H3. The van der Waals surface area contributed by atoms with Gasteiger partial charge in [0, 0.05) is 11.7 Å². The first-order valence-corrected chi connectivity index (χ1v) is 5.31. The quantitative estimate of drug-likeness (QED) is 0.848. The maximum Gasteiger partial charge on any atom is 0.416 e. The minimum absolute atomic E-state index is 0.0426. The van der Waals surface area contributed by atoms with Gasteiger partial charge in [-0.05, 0) is 32.0 Å². The molecular formula is C12H14F3NO2. The largest absolute Gasteiger partial charge is 0.465 e. The molecule has 1 aromatic carbocycles. The lowest BCUT2D eigenvalue weighted by Gasteiger charge is -2.14. The number of esters is 1. The van der Waals surface area contributed by atoms with Crippen molar-refractivity contribution in [3.05, 3.63) is 29.3 Å². The molecule has 0 bridgehead atoms. The van der Waals surface area contributed by atoms with Gasteiger partial charge in [-0.3, -0.25) is 0 Å². The number of hydrogen-bond acceptors (Lipinski definition) is 3. The van der Waals surface area contributed by atoms with Crippen LogP contribution in [-0.2, 0) is 10.9 Å². The van der Waals surface area contributed by atoms with Crippen LogP contribution in [0.25, 0.3) is 0 Å². The van der Waals surface area contributed by atoms with Gasteiger partial charge in [-0.1, -0.05) is 0 Å². The number of carbonyl (C=O) groups excluding carboxylic acids is 1. The number of carbonyl (C=O) groups is 1. The summed E-state index contributed by atoms with van der Waals surface area (Å²) in [4.78, 5) is 11.3. The molecule has 6 heteroatoms. The molecule has 0 aliphatic rings. The van der Waals surface area contributed by atoms with Gasteiger partial charge in [-0.15, -0.1) is 0 Å². The number of anilines is 1. The van der Waals surface area contributed by atoms with E-state index in [1.807, 2.05) is 0 Å². The number of alkyl halides is 3. The van der Waals surface area contributed by atoms with Crippen LogP contribution in [-0.4, -0.2) is 19.1 Å². The van der Waals surface area contributed by atoms with Crippen LogP contribution in [0.2, 0.25) is 0 Å². The van der Waals surface area contributed by atoms with Gasteiger partial charge in [-0.2, -0.15) is 13.2 Å². The topological polar surface area (TPSA) is 38.3 Å². The third-order valence-electron chi connectivity index (χ3n) is 2.14. The van der Waals surface area contributed by atoms with E-state index in [0.29, 0.717) is 0 Å². The van der Waals surface area contributed by atoms with Gasteiger partial charge in [-0.25, -0.2) is 4.79 Å². The first-order chi connectivity index (χ1) is 8.24. The lowest BCUT2D eigenvalue weighted by Crippen LogP contribution is -2.14. The zero-order valence-electron chi connectivity index (χ0n) is 10.3. The first kappa shape index (κ1) is 14.3. The van der Waals surface area contributed by atoms with Crippen molar-refractivity contribution in [1.29, 1.82) is 0 Å². The van der Waals surface area contributed by atoms with Crippen LogP contribution >= 0.6 is 0 Å². The molecule has 0 heterocycles. The molecule has 100 valence electrons. The minimum atomic E-state index is -4.50. The van der Waals surface area contributed by atoms with Gasteiger partial charge in [0.05, 0.1) is 18.2 Å². The molecule has 0 aliphatic heterocycles. The molecule has 0 saturated carbocycles. The molecule has 3 nitrogen and oxygen atoms in total. The summed E-state index contributed by atoms with van der Waals surface area (Å²) < 4.78 is 42.4. The van der Waals surface area contributed by atoms with E-state index < -0.39 is 17.7 Å². The number of nitrogens with one attached hydrogen (secondary N) is 1. The van der Waals surface area contributed by atoms with Crippen molar-refractivity contribution in [2.45, 2.75) is 26.1 Å². The zero-order valence-corrected chi connectivity index (χ0v) is 10.3. The average molecular weight is 261 g/mol. The van der Waals surface area contributed by atoms with Crippen LogP contribution in [0.1, 0.15) is 29.8 Å². The number of hydrogen-bond donors (Lipinski definition) is 1. The van der Waals surface area contributed by atoms with E-state index >= 15 is 0 Å². The Kier molecular flexibility index (Phi) is 4.21. The maximum atomic E-state index is 12.7. The maximum absolute atomic E-state index is 12.7. The molecule has 0 fully saturated rings. The Bertz CT molecular complexity index is 441. The molecular weight excluding hydrogens is 247 g/mol. The fourth-order valence-corrected chi connectivity index (χ4v) is 1.44. The highest BCUT2D eigenvalue weighted by atomic mass is 19.4. The minimum Gasteiger partial charge on any atom is -0.465 e. The van der Waals surface area contributed by atoms with Crippen LogP contribution in [0.15, 0.2) is 18.2 Å². The lowest BCUT2D eigenvalue weighted by atomic mass is 10.1. The van der Waals surface area contributed by atoms with E-state index in [4.69, 9.17) is 0 Å². The molecule has 0 aromatic heterocycles. The number of halogens is 3. The molecule has 1 N–H and O–H groups in total. The summed E-state index contributed by atoms with van der Waals surface area (Å²) in [5.74, 6) is -0.798. The average Bonchev–Trinajstić information content (AvgIpc) is 2.25. The predicted octanol–water partition coefficient (Wildman–Crippen LogP) is 3.31. The molecule has 0 unspecified atom stereocenters. The molecule has 0 atom stereocenters. The summed E-state index contributed by atoms with van der Waals surface area (Å²) in [6, 6.07) is 3.03. The van der Waals surface area contributed by atoms with E-state index in [0.717, 1.165) is 19.2 Å². The first-order valence-electron chi connectivity index (χ1n) is 5.31. The highest BCUT2D eigenvalue weighted by Gasteiger charge is 2.32. The molecule has 1 aromatic rings. The third-order valence-corrected chi connectivity index (χ3v) is 2.14. The summed E-state index contributed by atoms with van der Waals surface area (Å²) in [7, 11) is 1.12. The van der Waals surface area contributed by atoms with Crippen LogP contribution in [0.4, 0.5) is 18.9 Å². The van der Waals surface area contributed by atoms with Crippen molar-refractivity contribution in [2.75, 3.05) is 12.4 Å². The van der Waals surface area contributed by atoms with Crippen molar-refractivity contribution in [3.8, 4) is 0 Å². The van der Waals surface area contributed by atoms with Crippen molar-refractivity contribution >= 4 is 11.7 Å².